The minimum Gasteiger partial charge on any atom is -0.228 e. The van der Waals surface area contributed by atoms with E-state index in [1.54, 1.807) is 0 Å². The maximum Gasteiger partial charge on any atom is 0.160 e. The number of hydrogen-bond acceptors (Lipinski definition) is 2. The van der Waals surface area contributed by atoms with Gasteiger partial charge in [-0.2, -0.15) is 0 Å². The van der Waals surface area contributed by atoms with Gasteiger partial charge in [0.2, 0.25) is 0 Å². The average Bonchev–Trinajstić information content (AvgIpc) is 3.68. The molecular formula is C61H40N2. The third-order valence-corrected chi connectivity index (χ3v) is 13.0. The number of fused-ring (bicyclic) bond motifs is 5. The summed E-state index contributed by atoms with van der Waals surface area (Å²) in [7, 11) is 0. The van der Waals surface area contributed by atoms with Gasteiger partial charge in [0.1, 0.15) is 0 Å². The Labute approximate surface area is 367 Å². The van der Waals surface area contributed by atoms with Gasteiger partial charge < -0.3 is 0 Å². The first-order chi connectivity index (χ1) is 31.2. The lowest BCUT2D eigenvalue weighted by Crippen LogP contribution is -2.28. The highest BCUT2D eigenvalue weighted by Crippen LogP contribution is 2.58. The van der Waals surface area contributed by atoms with Crippen molar-refractivity contribution in [1.29, 1.82) is 0 Å². The van der Waals surface area contributed by atoms with E-state index in [1.807, 2.05) is 0 Å². The topological polar surface area (TPSA) is 25.8 Å². The van der Waals surface area contributed by atoms with Crippen molar-refractivity contribution in [1.82, 2.24) is 9.97 Å². The standard InChI is InChI=1S/C61H40N2/c1-4-17-41(18-5-1)43-31-34-44(35-32-43)60-62-57(46-36-33-42-19-10-11-20-45(42)39-46)40-58(63-60)52-38-37-51(49-25-12-13-26-50(49)52)53-28-16-30-56-59(53)54-27-14-15-29-55(54)61(56,47-21-6-2-7-22-47)48-23-8-3-9-24-48/h1-40H. The highest BCUT2D eigenvalue weighted by Gasteiger charge is 2.46. The van der Waals surface area contributed by atoms with Crippen LogP contribution in [0.25, 0.3) is 88.8 Å². The van der Waals surface area contributed by atoms with Gasteiger partial charge in [-0.3, -0.25) is 0 Å². The van der Waals surface area contributed by atoms with Gasteiger partial charge in [-0.25, -0.2) is 9.97 Å². The minimum absolute atomic E-state index is 0.476. The Balaban J connectivity index is 1.06. The van der Waals surface area contributed by atoms with Crippen molar-refractivity contribution in [2.45, 2.75) is 5.41 Å². The van der Waals surface area contributed by atoms with Gasteiger partial charge in [0.05, 0.1) is 16.8 Å². The molecule has 10 aromatic carbocycles. The van der Waals surface area contributed by atoms with E-state index in [9.17, 15) is 0 Å². The van der Waals surface area contributed by atoms with Crippen LogP contribution in [0.2, 0.25) is 0 Å². The number of benzene rings is 10. The van der Waals surface area contributed by atoms with Crippen LogP contribution in [0.5, 0.6) is 0 Å². The van der Waals surface area contributed by atoms with E-state index < -0.39 is 5.41 Å². The molecule has 1 aliphatic carbocycles. The highest BCUT2D eigenvalue weighted by molar-refractivity contribution is 6.08. The summed E-state index contributed by atoms with van der Waals surface area (Å²) in [5, 5.41) is 4.70. The summed E-state index contributed by atoms with van der Waals surface area (Å²) in [5.74, 6) is 0.694. The molecule has 1 heterocycles. The Morgan fingerprint density at radius 2 is 0.810 bits per heavy atom. The molecule has 1 aliphatic rings. The van der Waals surface area contributed by atoms with Crippen molar-refractivity contribution in [3.63, 3.8) is 0 Å². The molecule has 12 rings (SSSR count). The van der Waals surface area contributed by atoms with E-state index in [0.717, 1.165) is 39.0 Å². The van der Waals surface area contributed by atoms with E-state index in [1.165, 1.54) is 66.2 Å². The number of nitrogens with zero attached hydrogens (tertiary/aromatic N) is 2. The molecular weight excluding hydrogens is 761 g/mol. The molecule has 2 heteroatoms. The smallest absolute Gasteiger partial charge is 0.160 e. The SMILES string of the molecule is c1ccc(-c2ccc(-c3nc(-c4ccc5ccccc5c4)cc(-c4ccc(-c5cccc6c5-c5ccccc5C6(c5ccccc5)c5ccccc5)c5ccccc45)n3)cc2)cc1. The van der Waals surface area contributed by atoms with Gasteiger partial charge in [-0.1, -0.05) is 231 Å². The van der Waals surface area contributed by atoms with Crippen LogP contribution in [0.15, 0.2) is 243 Å². The molecule has 0 saturated heterocycles. The van der Waals surface area contributed by atoms with E-state index in [0.29, 0.717) is 5.82 Å². The lowest BCUT2D eigenvalue weighted by Gasteiger charge is -2.34. The van der Waals surface area contributed by atoms with Gasteiger partial charge in [-0.15, -0.1) is 0 Å². The molecule has 11 aromatic rings. The Morgan fingerprint density at radius 1 is 0.286 bits per heavy atom. The van der Waals surface area contributed by atoms with Crippen LogP contribution in [0, 0.1) is 0 Å². The van der Waals surface area contributed by atoms with Crippen LogP contribution in [0.1, 0.15) is 22.3 Å². The number of aromatic nitrogens is 2. The van der Waals surface area contributed by atoms with Crippen LogP contribution in [-0.4, -0.2) is 9.97 Å². The molecule has 294 valence electrons. The molecule has 2 nitrogen and oxygen atoms in total. The number of hydrogen-bond donors (Lipinski definition) is 0. The first-order valence-corrected chi connectivity index (χ1v) is 21.6. The molecule has 63 heavy (non-hydrogen) atoms. The van der Waals surface area contributed by atoms with E-state index >= 15 is 0 Å². The summed E-state index contributed by atoms with van der Waals surface area (Å²) in [6.45, 7) is 0. The second kappa shape index (κ2) is 15.1. The molecule has 0 N–H and O–H groups in total. The van der Waals surface area contributed by atoms with Crippen molar-refractivity contribution >= 4 is 21.5 Å². The van der Waals surface area contributed by atoms with Crippen molar-refractivity contribution in [2.24, 2.45) is 0 Å². The van der Waals surface area contributed by atoms with E-state index in [2.05, 4.69) is 243 Å². The van der Waals surface area contributed by atoms with Crippen LogP contribution in [-0.2, 0) is 5.41 Å². The summed E-state index contributed by atoms with van der Waals surface area (Å²) in [4.78, 5) is 10.6. The fourth-order valence-electron chi connectivity index (χ4n) is 10.1. The van der Waals surface area contributed by atoms with Gasteiger partial charge in [0.15, 0.2) is 5.82 Å². The van der Waals surface area contributed by atoms with E-state index in [4.69, 9.17) is 9.97 Å². The van der Waals surface area contributed by atoms with Crippen LogP contribution in [0.3, 0.4) is 0 Å². The Morgan fingerprint density at radius 3 is 1.56 bits per heavy atom. The third-order valence-electron chi connectivity index (χ3n) is 13.0. The second-order valence-corrected chi connectivity index (χ2v) is 16.4. The maximum absolute atomic E-state index is 5.38. The zero-order valence-electron chi connectivity index (χ0n) is 34.5. The Bertz CT molecular complexity index is 3440. The lowest BCUT2D eigenvalue weighted by atomic mass is 9.67. The quantitative estimate of drug-likeness (QED) is 0.160. The van der Waals surface area contributed by atoms with Crippen molar-refractivity contribution < 1.29 is 0 Å². The molecule has 1 aromatic heterocycles. The van der Waals surface area contributed by atoms with Gasteiger partial charge in [0.25, 0.3) is 0 Å². The van der Waals surface area contributed by atoms with Crippen LogP contribution >= 0.6 is 0 Å². The summed E-state index contributed by atoms with van der Waals surface area (Å²) >= 11 is 0. The number of rotatable bonds is 7. The van der Waals surface area contributed by atoms with Crippen molar-refractivity contribution in [2.75, 3.05) is 0 Å². The van der Waals surface area contributed by atoms with Gasteiger partial charge in [0, 0.05) is 16.7 Å². The zero-order chi connectivity index (χ0) is 41.7. The lowest BCUT2D eigenvalue weighted by molar-refractivity contribution is 0.768. The fourth-order valence-corrected chi connectivity index (χ4v) is 10.1. The molecule has 0 atom stereocenters. The monoisotopic (exact) mass is 800 g/mol. The van der Waals surface area contributed by atoms with E-state index in [-0.39, 0.29) is 0 Å². The minimum atomic E-state index is -0.476. The second-order valence-electron chi connectivity index (χ2n) is 16.4. The van der Waals surface area contributed by atoms with Gasteiger partial charge in [-0.05, 0) is 89.3 Å². The summed E-state index contributed by atoms with van der Waals surface area (Å²) < 4.78 is 0. The van der Waals surface area contributed by atoms with Crippen LogP contribution < -0.4 is 0 Å². The summed E-state index contributed by atoms with van der Waals surface area (Å²) in [6, 6.07) is 87.7. The first-order valence-electron chi connectivity index (χ1n) is 21.6. The largest absolute Gasteiger partial charge is 0.228 e. The Hall–Kier alpha value is -8.20. The van der Waals surface area contributed by atoms with Crippen molar-refractivity contribution in [3.8, 4) is 67.3 Å². The molecule has 0 aliphatic heterocycles. The molecule has 0 bridgehead atoms. The fraction of sp³-hybridized carbons (Fsp3) is 0.0164. The average molecular weight is 801 g/mol. The Kier molecular flexibility index (Phi) is 8.76. The van der Waals surface area contributed by atoms with Gasteiger partial charge >= 0.3 is 0 Å². The summed E-state index contributed by atoms with van der Waals surface area (Å²) in [5.41, 5.74) is 16.8. The third kappa shape index (κ3) is 6.02. The zero-order valence-corrected chi connectivity index (χ0v) is 34.5. The predicted octanol–water partition coefficient (Wildman–Crippen LogP) is 15.5. The maximum atomic E-state index is 5.38. The molecule has 0 unspecified atom stereocenters. The molecule has 0 spiro atoms. The highest BCUT2D eigenvalue weighted by atomic mass is 14.9. The first kappa shape index (κ1) is 36.6. The summed E-state index contributed by atoms with van der Waals surface area (Å²) in [6.07, 6.45) is 0. The molecule has 0 amide bonds. The van der Waals surface area contributed by atoms with Crippen molar-refractivity contribution in [3.05, 3.63) is 265 Å². The molecule has 0 radical (unpaired) electrons. The normalized spacial score (nSPS) is 12.6. The molecule has 0 fully saturated rings. The predicted molar refractivity (Wildman–Crippen MR) is 262 cm³/mol. The molecule has 0 saturated carbocycles. The van der Waals surface area contributed by atoms with Crippen LogP contribution in [0.4, 0.5) is 0 Å².